The zero-order valence-corrected chi connectivity index (χ0v) is 26.9. The fourth-order valence-corrected chi connectivity index (χ4v) is 14.4. The van der Waals surface area contributed by atoms with Crippen LogP contribution < -0.4 is 30.2 Å². The maximum Gasteiger partial charge on any atom is 0.197 e. The molecule has 3 nitrogen and oxygen atoms in total. The minimum atomic E-state index is -2.90. The number of fused-ring (bicyclic) bond motifs is 10. The predicted octanol–water partition coefficient (Wildman–Crippen LogP) is 8.74. The molecule has 7 aromatic carbocycles. The highest BCUT2D eigenvalue weighted by atomic mass is 32.1. The Hall–Kier alpha value is -5.62. The largest absolute Gasteiger partial charge is 0.457 e. The maximum absolute atomic E-state index is 6.93. The summed E-state index contributed by atoms with van der Waals surface area (Å²) in [6.45, 7) is 0. The first-order valence-corrected chi connectivity index (χ1v) is 18.7. The minimum absolute atomic E-state index is 0.870. The number of thiophene rings is 1. The van der Waals surface area contributed by atoms with Gasteiger partial charge in [-0.15, -0.1) is 11.3 Å². The van der Waals surface area contributed by atoms with Crippen molar-refractivity contribution in [1.82, 2.24) is 4.57 Å². The van der Waals surface area contributed by atoms with Gasteiger partial charge in [-0.25, -0.2) is 0 Å². The lowest BCUT2D eigenvalue weighted by Gasteiger charge is -2.43. The van der Waals surface area contributed by atoms with Crippen LogP contribution in [0.3, 0.4) is 0 Å². The average Bonchev–Trinajstić information content (AvgIpc) is 3.67. The van der Waals surface area contributed by atoms with E-state index in [1.807, 2.05) is 11.3 Å². The van der Waals surface area contributed by atoms with Crippen LogP contribution in [0.15, 0.2) is 152 Å². The van der Waals surface area contributed by atoms with Gasteiger partial charge >= 0.3 is 0 Å². The number of ether oxygens (including phenoxy) is 2. The van der Waals surface area contributed by atoms with E-state index < -0.39 is 8.07 Å². The van der Waals surface area contributed by atoms with E-state index in [0.29, 0.717) is 0 Å². The first-order valence-electron chi connectivity index (χ1n) is 15.9. The number of nitrogens with zero attached hydrogens (tertiary/aromatic N) is 1. The van der Waals surface area contributed by atoms with E-state index in [0.717, 1.165) is 39.7 Å². The molecule has 2 aromatic heterocycles. The van der Waals surface area contributed by atoms with Crippen molar-refractivity contribution in [3.8, 4) is 28.7 Å². The normalized spacial score (nSPS) is 14.0. The first-order chi connectivity index (χ1) is 23.3. The van der Waals surface area contributed by atoms with Gasteiger partial charge in [-0.05, 0) is 52.0 Å². The Morgan fingerprint density at radius 1 is 0.447 bits per heavy atom. The SMILES string of the molecule is c1ccc2c(c1)Oc1cc(-n3c4ccccc4c4ccccc43)cc3c1[Si]2(c1ccc2sc4ccccc4c2c1)c1ccccc1O3. The summed E-state index contributed by atoms with van der Waals surface area (Å²) in [4.78, 5) is 0. The summed E-state index contributed by atoms with van der Waals surface area (Å²) < 4.78 is 18.8. The van der Waals surface area contributed by atoms with E-state index in [9.17, 15) is 0 Å². The standard InChI is InChI=1S/C42H25NO2SSi/c1-4-14-32-28(11-1)29-12-2-5-15-33(29)43(32)26-23-36-42-37(24-26)45-35-17-7-10-20-41(35)47(42,40-19-9-6-16-34(40)44-36)27-21-22-39-31(25-27)30-13-3-8-18-38(30)46-39/h1-25H. The van der Waals surface area contributed by atoms with E-state index in [1.165, 1.54) is 51.7 Å². The minimum Gasteiger partial charge on any atom is -0.457 e. The Balaban J connectivity index is 1.27. The van der Waals surface area contributed by atoms with Gasteiger partial charge in [-0.3, -0.25) is 0 Å². The molecule has 2 aliphatic rings. The van der Waals surface area contributed by atoms with Crippen LogP contribution in [0.2, 0.25) is 0 Å². The van der Waals surface area contributed by atoms with Crippen molar-refractivity contribution >= 4 is 82.1 Å². The Kier molecular flexibility index (Phi) is 5.02. The summed E-state index contributed by atoms with van der Waals surface area (Å²) in [5, 5.41) is 10.1. The molecule has 0 saturated carbocycles. The lowest BCUT2D eigenvalue weighted by atomic mass is 10.1. The number of hydrogen-bond acceptors (Lipinski definition) is 3. The van der Waals surface area contributed by atoms with Crippen molar-refractivity contribution in [2.45, 2.75) is 0 Å². The monoisotopic (exact) mass is 635 g/mol. The molecule has 220 valence electrons. The molecule has 0 N–H and O–H groups in total. The molecular weight excluding hydrogens is 611 g/mol. The van der Waals surface area contributed by atoms with Crippen LogP contribution >= 0.6 is 11.3 Å². The number of para-hydroxylation sites is 4. The summed E-state index contributed by atoms with van der Waals surface area (Å²) in [5.41, 5.74) is 3.34. The highest BCUT2D eigenvalue weighted by molar-refractivity contribution is 7.26. The molecule has 0 atom stereocenters. The van der Waals surface area contributed by atoms with Crippen LogP contribution in [0.5, 0.6) is 23.0 Å². The Morgan fingerprint density at radius 2 is 0.979 bits per heavy atom. The molecule has 47 heavy (non-hydrogen) atoms. The predicted molar refractivity (Wildman–Crippen MR) is 197 cm³/mol. The van der Waals surface area contributed by atoms with Crippen LogP contribution in [-0.2, 0) is 0 Å². The zero-order valence-electron chi connectivity index (χ0n) is 25.1. The maximum atomic E-state index is 6.93. The van der Waals surface area contributed by atoms with Gasteiger partial charge in [0.25, 0.3) is 0 Å². The third kappa shape index (κ3) is 3.29. The van der Waals surface area contributed by atoms with Gasteiger partial charge < -0.3 is 14.0 Å². The van der Waals surface area contributed by atoms with Crippen LogP contribution in [0.25, 0.3) is 47.7 Å². The molecule has 0 bridgehead atoms. The molecule has 0 radical (unpaired) electrons. The molecule has 2 aliphatic heterocycles. The molecule has 4 heterocycles. The molecule has 0 amide bonds. The summed E-state index contributed by atoms with van der Waals surface area (Å²) in [6, 6.07) is 55.0. The number of aromatic nitrogens is 1. The zero-order chi connectivity index (χ0) is 30.7. The Morgan fingerprint density at radius 3 is 1.64 bits per heavy atom. The van der Waals surface area contributed by atoms with Gasteiger partial charge in [0.1, 0.15) is 23.0 Å². The lowest BCUT2D eigenvalue weighted by Crippen LogP contribution is -2.77. The van der Waals surface area contributed by atoms with Crippen LogP contribution in [0.1, 0.15) is 0 Å². The Bertz CT molecular complexity index is 2650. The molecule has 5 heteroatoms. The molecule has 0 spiro atoms. The fourth-order valence-electron chi connectivity index (χ4n) is 8.23. The first kappa shape index (κ1) is 25.6. The van der Waals surface area contributed by atoms with Gasteiger partial charge in [0.2, 0.25) is 0 Å². The van der Waals surface area contributed by atoms with Gasteiger partial charge in [-0.2, -0.15) is 0 Å². The van der Waals surface area contributed by atoms with Crippen molar-refractivity contribution in [3.63, 3.8) is 0 Å². The smallest absolute Gasteiger partial charge is 0.197 e. The summed E-state index contributed by atoms with van der Waals surface area (Å²) in [6.07, 6.45) is 0. The molecular formula is C42H25NO2SSi. The highest BCUT2D eigenvalue weighted by Gasteiger charge is 2.53. The van der Waals surface area contributed by atoms with E-state index in [2.05, 4.69) is 156 Å². The van der Waals surface area contributed by atoms with Crippen LogP contribution in [0, 0.1) is 0 Å². The van der Waals surface area contributed by atoms with Crippen molar-refractivity contribution in [3.05, 3.63) is 152 Å². The molecule has 11 rings (SSSR count). The van der Waals surface area contributed by atoms with Crippen molar-refractivity contribution in [2.24, 2.45) is 0 Å². The molecule has 0 fully saturated rings. The highest BCUT2D eigenvalue weighted by Crippen LogP contribution is 2.42. The third-order valence-electron chi connectivity index (χ3n) is 10.1. The van der Waals surface area contributed by atoms with Crippen LogP contribution in [-0.4, -0.2) is 12.6 Å². The molecule has 0 aliphatic carbocycles. The summed E-state index contributed by atoms with van der Waals surface area (Å²) >= 11 is 1.86. The summed E-state index contributed by atoms with van der Waals surface area (Å²) in [7, 11) is -2.90. The van der Waals surface area contributed by atoms with Crippen molar-refractivity contribution < 1.29 is 9.47 Å². The lowest BCUT2D eigenvalue weighted by molar-refractivity contribution is 0.463. The second-order valence-electron chi connectivity index (χ2n) is 12.4. The molecule has 0 unspecified atom stereocenters. The average molecular weight is 636 g/mol. The second kappa shape index (κ2) is 9.23. The van der Waals surface area contributed by atoms with E-state index in [1.54, 1.807) is 0 Å². The van der Waals surface area contributed by atoms with Gasteiger partial charge in [0.05, 0.1) is 16.7 Å². The third-order valence-corrected chi connectivity index (χ3v) is 16.1. The van der Waals surface area contributed by atoms with Gasteiger partial charge in [0.15, 0.2) is 8.07 Å². The summed E-state index contributed by atoms with van der Waals surface area (Å²) in [5.74, 6) is 3.58. The van der Waals surface area contributed by atoms with Crippen LogP contribution in [0.4, 0.5) is 0 Å². The van der Waals surface area contributed by atoms with Gasteiger partial charge in [0, 0.05) is 48.3 Å². The quantitative estimate of drug-likeness (QED) is 0.177. The van der Waals surface area contributed by atoms with Crippen molar-refractivity contribution in [2.75, 3.05) is 0 Å². The number of benzene rings is 7. The fraction of sp³-hybridized carbons (Fsp3) is 0. The van der Waals surface area contributed by atoms with Crippen molar-refractivity contribution in [1.29, 1.82) is 0 Å². The Labute approximate surface area is 275 Å². The number of hydrogen-bond donors (Lipinski definition) is 0. The van der Waals surface area contributed by atoms with E-state index >= 15 is 0 Å². The molecule has 0 saturated heterocycles. The number of rotatable bonds is 2. The van der Waals surface area contributed by atoms with E-state index in [-0.39, 0.29) is 0 Å². The second-order valence-corrected chi connectivity index (χ2v) is 17.2. The topological polar surface area (TPSA) is 23.4 Å². The van der Waals surface area contributed by atoms with E-state index in [4.69, 9.17) is 9.47 Å². The molecule has 9 aromatic rings. The van der Waals surface area contributed by atoms with Gasteiger partial charge in [-0.1, -0.05) is 103 Å².